The lowest BCUT2D eigenvalue weighted by Crippen LogP contribution is -2.51. The van der Waals surface area contributed by atoms with Crippen LogP contribution >= 0.6 is 23.2 Å². The number of likely N-dealkylation sites (tertiary alicyclic amines) is 1. The van der Waals surface area contributed by atoms with Crippen LogP contribution in [0.4, 0.5) is 0 Å². The van der Waals surface area contributed by atoms with Crippen molar-refractivity contribution >= 4 is 39.1 Å². The molecule has 0 bridgehead atoms. The Bertz CT molecular complexity index is 759. The number of piperazine rings is 1. The Labute approximate surface area is 164 Å². The average molecular weight is 420 g/mol. The van der Waals surface area contributed by atoms with Gasteiger partial charge in [0.25, 0.3) is 0 Å². The monoisotopic (exact) mass is 419 g/mol. The zero-order valence-electron chi connectivity index (χ0n) is 14.5. The van der Waals surface area contributed by atoms with Gasteiger partial charge in [-0.3, -0.25) is 9.69 Å². The van der Waals surface area contributed by atoms with Gasteiger partial charge in [0.2, 0.25) is 15.9 Å². The van der Waals surface area contributed by atoms with E-state index in [4.69, 9.17) is 23.2 Å². The minimum atomic E-state index is -3.69. The maximum atomic E-state index is 12.8. The molecule has 0 aliphatic carbocycles. The van der Waals surface area contributed by atoms with E-state index in [1.807, 2.05) is 9.80 Å². The molecule has 0 atom stereocenters. The van der Waals surface area contributed by atoms with Gasteiger partial charge in [-0.15, -0.1) is 0 Å². The number of hydrogen-bond acceptors (Lipinski definition) is 4. The van der Waals surface area contributed by atoms with E-state index in [1.165, 1.54) is 16.8 Å². The summed E-state index contributed by atoms with van der Waals surface area (Å²) in [7, 11) is -3.69. The number of benzene rings is 1. The number of nitrogens with zero attached hydrogens (tertiary/aromatic N) is 3. The summed E-state index contributed by atoms with van der Waals surface area (Å²) in [5, 5.41) is 0.273. The zero-order chi connectivity index (χ0) is 18.7. The van der Waals surface area contributed by atoms with Crippen LogP contribution in [-0.2, 0) is 14.8 Å². The quantitative estimate of drug-likeness (QED) is 0.750. The van der Waals surface area contributed by atoms with E-state index in [-0.39, 0.29) is 20.8 Å². The van der Waals surface area contributed by atoms with Crippen molar-refractivity contribution in [1.29, 1.82) is 0 Å². The SMILES string of the molecule is O=C(CN1CCN(S(=O)(=O)c2cccc(Cl)c2Cl)CC1)N1CCCCC1. The number of piperidine rings is 1. The molecule has 1 aromatic carbocycles. The number of hydrogen-bond donors (Lipinski definition) is 0. The largest absolute Gasteiger partial charge is 0.342 e. The van der Waals surface area contributed by atoms with Crippen LogP contribution in [0.3, 0.4) is 0 Å². The first-order valence-electron chi connectivity index (χ1n) is 8.84. The summed E-state index contributed by atoms with van der Waals surface area (Å²) in [4.78, 5) is 16.3. The van der Waals surface area contributed by atoms with Gasteiger partial charge in [0, 0.05) is 39.3 Å². The Kier molecular flexibility index (Phi) is 6.45. The van der Waals surface area contributed by atoms with E-state index in [1.54, 1.807) is 12.1 Å². The van der Waals surface area contributed by atoms with Crippen LogP contribution in [-0.4, -0.2) is 74.2 Å². The van der Waals surface area contributed by atoms with Crippen molar-refractivity contribution in [2.75, 3.05) is 45.8 Å². The van der Waals surface area contributed by atoms with Crippen LogP contribution in [0.25, 0.3) is 0 Å². The Balaban J connectivity index is 1.59. The number of halogens is 2. The Hall–Kier alpha value is -0.860. The van der Waals surface area contributed by atoms with E-state index < -0.39 is 10.0 Å². The highest BCUT2D eigenvalue weighted by Crippen LogP contribution is 2.31. The maximum Gasteiger partial charge on any atom is 0.244 e. The van der Waals surface area contributed by atoms with Crippen molar-refractivity contribution in [2.24, 2.45) is 0 Å². The fourth-order valence-corrected chi connectivity index (χ4v) is 5.54. The smallest absolute Gasteiger partial charge is 0.244 e. The molecule has 26 heavy (non-hydrogen) atoms. The van der Waals surface area contributed by atoms with Crippen molar-refractivity contribution in [3.63, 3.8) is 0 Å². The lowest BCUT2D eigenvalue weighted by Gasteiger charge is -2.35. The summed E-state index contributed by atoms with van der Waals surface area (Å²) in [6, 6.07) is 4.61. The van der Waals surface area contributed by atoms with Crippen molar-refractivity contribution in [3.8, 4) is 0 Å². The van der Waals surface area contributed by atoms with Crippen LogP contribution in [0.1, 0.15) is 19.3 Å². The van der Waals surface area contributed by atoms with Crippen LogP contribution in [0.5, 0.6) is 0 Å². The molecule has 3 rings (SSSR count). The zero-order valence-corrected chi connectivity index (χ0v) is 16.9. The van der Waals surface area contributed by atoms with Gasteiger partial charge >= 0.3 is 0 Å². The first-order valence-corrected chi connectivity index (χ1v) is 11.0. The Morgan fingerprint density at radius 3 is 2.27 bits per heavy atom. The first kappa shape index (κ1) is 19.9. The second kappa shape index (κ2) is 8.44. The molecule has 2 saturated heterocycles. The van der Waals surface area contributed by atoms with Gasteiger partial charge in [0.05, 0.1) is 16.6 Å². The third-order valence-corrected chi connectivity index (χ3v) is 7.80. The van der Waals surface area contributed by atoms with E-state index in [2.05, 4.69) is 0 Å². The highest BCUT2D eigenvalue weighted by Gasteiger charge is 2.31. The van der Waals surface area contributed by atoms with Gasteiger partial charge in [-0.2, -0.15) is 4.31 Å². The highest BCUT2D eigenvalue weighted by atomic mass is 35.5. The summed E-state index contributed by atoms with van der Waals surface area (Å²) in [6.45, 7) is 3.73. The van der Waals surface area contributed by atoms with Crippen LogP contribution < -0.4 is 0 Å². The molecular weight excluding hydrogens is 397 g/mol. The normalized spacial score (nSPS) is 20.3. The molecule has 1 amide bonds. The van der Waals surface area contributed by atoms with E-state index in [0.29, 0.717) is 32.7 Å². The van der Waals surface area contributed by atoms with Crippen LogP contribution in [0, 0.1) is 0 Å². The second-order valence-electron chi connectivity index (χ2n) is 6.67. The minimum Gasteiger partial charge on any atom is -0.342 e. The van der Waals surface area contributed by atoms with Crippen molar-refractivity contribution in [1.82, 2.24) is 14.1 Å². The maximum absolute atomic E-state index is 12.8. The number of carbonyl (C=O) groups excluding carboxylic acids is 1. The standard InChI is InChI=1S/C17H23Cl2N3O3S/c18-14-5-4-6-15(17(14)19)26(24,25)22-11-9-20(10-12-22)13-16(23)21-7-2-1-3-8-21/h4-6H,1-3,7-13H2. The minimum absolute atomic E-state index is 0.0320. The fraction of sp³-hybridized carbons (Fsp3) is 0.588. The lowest BCUT2D eigenvalue weighted by molar-refractivity contribution is -0.133. The predicted molar refractivity (Wildman–Crippen MR) is 102 cm³/mol. The topological polar surface area (TPSA) is 60.9 Å². The Morgan fingerprint density at radius 2 is 1.62 bits per heavy atom. The lowest BCUT2D eigenvalue weighted by atomic mass is 10.1. The summed E-state index contributed by atoms with van der Waals surface area (Å²) >= 11 is 12.0. The molecule has 0 saturated carbocycles. The summed E-state index contributed by atoms with van der Waals surface area (Å²) < 4.78 is 27.1. The van der Waals surface area contributed by atoms with Gasteiger partial charge in [-0.1, -0.05) is 29.3 Å². The number of carbonyl (C=O) groups is 1. The van der Waals surface area contributed by atoms with Crippen molar-refractivity contribution < 1.29 is 13.2 Å². The van der Waals surface area contributed by atoms with Gasteiger partial charge in [-0.05, 0) is 31.4 Å². The summed E-state index contributed by atoms with van der Waals surface area (Å²) in [5.41, 5.74) is 0. The molecule has 0 aromatic heterocycles. The molecule has 2 fully saturated rings. The highest BCUT2D eigenvalue weighted by molar-refractivity contribution is 7.89. The van der Waals surface area contributed by atoms with Crippen molar-refractivity contribution in [2.45, 2.75) is 24.2 Å². The van der Waals surface area contributed by atoms with Gasteiger partial charge in [-0.25, -0.2) is 8.42 Å². The number of sulfonamides is 1. The Morgan fingerprint density at radius 1 is 0.962 bits per heavy atom. The molecule has 9 heteroatoms. The van der Waals surface area contributed by atoms with E-state index in [0.717, 1.165) is 25.9 Å². The number of rotatable bonds is 4. The van der Waals surface area contributed by atoms with Gasteiger partial charge in [0.1, 0.15) is 4.90 Å². The van der Waals surface area contributed by atoms with Gasteiger partial charge in [0.15, 0.2) is 0 Å². The third-order valence-electron chi connectivity index (χ3n) is 4.93. The molecule has 0 unspecified atom stereocenters. The molecule has 2 heterocycles. The molecule has 0 N–H and O–H groups in total. The van der Waals surface area contributed by atoms with E-state index >= 15 is 0 Å². The number of amides is 1. The first-order chi connectivity index (χ1) is 12.4. The van der Waals surface area contributed by atoms with E-state index in [9.17, 15) is 13.2 Å². The van der Waals surface area contributed by atoms with Crippen LogP contribution in [0.2, 0.25) is 10.0 Å². The molecule has 144 valence electrons. The third kappa shape index (κ3) is 4.34. The average Bonchev–Trinajstić information content (AvgIpc) is 2.65. The second-order valence-corrected chi connectivity index (χ2v) is 9.37. The molecule has 0 radical (unpaired) electrons. The fourth-order valence-electron chi connectivity index (χ4n) is 3.38. The molecule has 2 aliphatic heterocycles. The van der Waals surface area contributed by atoms with Crippen molar-refractivity contribution in [3.05, 3.63) is 28.2 Å². The molecule has 6 nitrogen and oxygen atoms in total. The van der Waals surface area contributed by atoms with Crippen LogP contribution in [0.15, 0.2) is 23.1 Å². The summed E-state index contributed by atoms with van der Waals surface area (Å²) in [6.07, 6.45) is 3.32. The molecule has 0 spiro atoms. The molecular formula is C17H23Cl2N3O3S. The van der Waals surface area contributed by atoms with Gasteiger partial charge < -0.3 is 4.90 Å². The predicted octanol–water partition coefficient (Wildman–Crippen LogP) is 2.31. The molecule has 1 aromatic rings. The molecule has 2 aliphatic rings. The summed E-state index contributed by atoms with van der Waals surface area (Å²) in [5.74, 6) is 0.138.